The smallest absolute Gasteiger partial charge is 0.324 e. The second-order valence-electron chi connectivity index (χ2n) is 9.99. The highest BCUT2D eigenvalue weighted by atomic mass is 32.1. The van der Waals surface area contributed by atoms with Crippen LogP contribution in [-0.4, -0.2) is 34.3 Å². The number of amides is 4. The van der Waals surface area contributed by atoms with Crippen LogP contribution in [0.25, 0.3) is 0 Å². The fraction of sp³-hybridized carbons (Fsp3) is 0.500. The molecule has 2 aromatic rings. The molecule has 2 heterocycles. The zero-order valence-corrected chi connectivity index (χ0v) is 18.6. The van der Waals surface area contributed by atoms with Gasteiger partial charge < -0.3 is 5.32 Å². The van der Waals surface area contributed by atoms with Gasteiger partial charge in [-0.25, -0.2) is 9.78 Å². The van der Waals surface area contributed by atoms with Gasteiger partial charge in [0, 0.05) is 16.4 Å². The van der Waals surface area contributed by atoms with Crippen molar-refractivity contribution < 1.29 is 14.4 Å². The third-order valence-corrected chi connectivity index (χ3v) is 8.59. The van der Waals surface area contributed by atoms with Gasteiger partial charge in [-0.05, 0) is 67.9 Å². The molecule has 5 aliphatic rings. The molecule has 1 aromatic heterocycles. The maximum Gasteiger partial charge on any atom is 0.324 e. The normalized spacial score (nSPS) is 30.6. The molecule has 8 heteroatoms. The van der Waals surface area contributed by atoms with Gasteiger partial charge in [-0.3, -0.25) is 19.8 Å². The summed E-state index contributed by atoms with van der Waals surface area (Å²) in [6, 6.07) is 6.66. The maximum absolute atomic E-state index is 13.1. The number of hydrogen-bond acceptors (Lipinski definition) is 5. The molecule has 1 saturated heterocycles. The van der Waals surface area contributed by atoms with Crippen LogP contribution >= 0.6 is 11.3 Å². The van der Waals surface area contributed by atoms with E-state index in [1.54, 1.807) is 24.3 Å². The van der Waals surface area contributed by atoms with Crippen LogP contribution < -0.4 is 10.6 Å². The van der Waals surface area contributed by atoms with Gasteiger partial charge in [0.25, 0.3) is 5.91 Å². The highest BCUT2D eigenvalue weighted by Crippen LogP contribution is 2.60. The van der Waals surface area contributed by atoms with Crippen LogP contribution in [0.15, 0.2) is 29.6 Å². The molecule has 0 atom stereocenters. The molecule has 0 unspecified atom stereocenters. The Hall–Kier alpha value is -2.74. The SMILES string of the molecule is O=C(Nc1nc(C23CC4CC(CC(C4)C2)C3)cs1)c1ccccc1CN1C(=O)CNC1=O. The van der Waals surface area contributed by atoms with Crippen molar-refractivity contribution in [1.82, 2.24) is 15.2 Å². The van der Waals surface area contributed by atoms with Crippen molar-refractivity contribution in [3.05, 3.63) is 46.5 Å². The molecule has 0 spiro atoms. The van der Waals surface area contributed by atoms with Crippen LogP contribution in [0, 0.1) is 17.8 Å². The van der Waals surface area contributed by atoms with Crippen molar-refractivity contribution in [1.29, 1.82) is 0 Å². The lowest BCUT2D eigenvalue weighted by molar-refractivity contribution is -0.125. The summed E-state index contributed by atoms with van der Waals surface area (Å²) in [6.07, 6.45) is 7.89. The minimum Gasteiger partial charge on any atom is -0.329 e. The molecule has 2 N–H and O–H groups in total. The van der Waals surface area contributed by atoms with Crippen molar-refractivity contribution in [3.63, 3.8) is 0 Å². The highest BCUT2D eigenvalue weighted by Gasteiger charge is 2.52. The summed E-state index contributed by atoms with van der Waals surface area (Å²) in [6.45, 7) is 0.0735. The minimum atomic E-state index is -0.426. The molecule has 7 nitrogen and oxygen atoms in total. The molecule has 166 valence electrons. The summed E-state index contributed by atoms with van der Waals surface area (Å²) in [4.78, 5) is 43.0. The molecule has 0 radical (unpaired) electrons. The molecular weight excluding hydrogens is 424 g/mol. The summed E-state index contributed by atoms with van der Waals surface area (Å²) in [5.41, 5.74) is 2.44. The summed E-state index contributed by atoms with van der Waals surface area (Å²) in [7, 11) is 0. The molecule has 4 saturated carbocycles. The van der Waals surface area contributed by atoms with E-state index < -0.39 is 6.03 Å². The number of nitrogens with zero attached hydrogens (tertiary/aromatic N) is 2. The monoisotopic (exact) mass is 450 g/mol. The van der Waals surface area contributed by atoms with Gasteiger partial charge >= 0.3 is 6.03 Å². The van der Waals surface area contributed by atoms with E-state index in [0.717, 1.165) is 28.3 Å². The molecule has 5 fully saturated rings. The molecule has 4 amide bonds. The Kier molecular flexibility index (Phi) is 4.61. The fourth-order valence-corrected chi connectivity index (χ4v) is 7.66. The Labute approximate surface area is 190 Å². The molecule has 1 aromatic carbocycles. The topological polar surface area (TPSA) is 91.4 Å². The Balaban J connectivity index is 1.20. The third kappa shape index (κ3) is 3.32. The van der Waals surface area contributed by atoms with Crippen molar-refractivity contribution in [3.8, 4) is 0 Å². The number of rotatable bonds is 5. The number of aromatic nitrogens is 1. The van der Waals surface area contributed by atoms with Gasteiger partial charge in [0.1, 0.15) is 0 Å². The number of nitrogens with one attached hydrogen (secondary N) is 2. The lowest BCUT2D eigenvalue weighted by Crippen LogP contribution is -2.48. The van der Waals surface area contributed by atoms with E-state index in [2.05, 4.69) is 16.0 Å². The van der Waals surface area contributed by atoms with Crippen LogP contribution in [0.1, 0.15) is 60.1 Å². The van der Waals surface area contributed by atoms with Crippen molar-refractivity contribution in [2.24, 2.45) is 17.8 Å². The number of urea groups is 1. The van der Waals surface area contributed by atoms with Gasteiger partial charge in [0.15, 0.2) is 5.13 Å². The lowest BCUT2D eigenvalue weighted by Gasteiger charge is -2.56. The first-order valence-corrected chi connectivity index (χ1v) is 12.3. The number of carbonyl (C=O) groups is 3. The predicted octanol–water partition coefficient (Wildman–Crippen LogP) is 3.92. The minimum absolute atomic E-state index is 0.000585. The molecule has 4 bridgehead atoms. The van der Waals surface area contributed by atoms with E-state index in [1.807, 2.05) is 0 Å². The molecular formula is C24H26N4O3S. The molecule has 7 rings (SSSR count). The Morgan fingerprint density at radius 2 is 1.81 bits per heavy atom. The second-order valence-corrected chi connectivity index (χ2v) is 10.8. The number of carbonyl (C=O) groups excluding carboxylic acids is 3. The van der Waals surface area contributed by atoms with Crippen LogP contribution in [0.5, 0.6) is 0 Å². The first kappa shape index (κ1) is 19.9. The van der Waals surface area contributed by atoms with Gasteiger partial charge in [-0.15, -0.1) is 11.3 Å². The van der Waals surface area contributed by atoms with E-state index in [4.69, 9.17) is 4.98 Å². The Bertz CT molecular complexity index is 1060. The average molecular weight is 451 g/mol. The van der Waals surface area contributed by atoms with Crippen molar-refractivity contribution in [2.45, 2.75) is 50.5 Å². The number of imide groups is 1. The number of benzene rings is 1. The number of anilines is 1. The van der Waals surface area contributed by atoms with Gasteiger partial charge in [-0.2, -0.15) is 0 Å². The quantitative estimate of drug-likeness (QED) is 0.676. The summed E-state index contributed by atoms with van der Waals surface area (Å²) in [5, 5.41) is 8.23. The predicted molar refractivity (Wildman–Crippen MR) is 120 cm³/mol. The Morgan fingerprint density at radius 3 is 2.47 bits per heavy atom. The molecule has 32 heavy (non-hydrogen) atoms. The summed E-state index contributed by atoms with van der Waals surface area (Å²) >= 11 is 1.49. The first-order chi connectivity index (χ1) is 15.5. The van der Waals surface area contributed by atoms with Crippen LogP contribution in [0.2, 0.25) is 0 Å². The molecule has 4 aliphatic carbocycles. The van der Waals surface area contributed by atoms with Crippen LogP contribution in [-0.2, 0) is 16.8 Å². The van der Waals surface area contributed by atoms with Crippen LogP contribution in [0.4, 0.5) is 9.93 Å². The van der Waals surface area contributed by atoms with E-state index in [0.29, 0.717) is 16.3 Å². The lowest BCUT2D eigenvalue weighted by atomic mass is 9.49. The zero-order chi connectivity index (χ0) is 21.9. The maximum atomic E-state index is 13.1. The highest BCUT2D eigenvalue weighted by molar-refractivity contribution is 7.14. The van der Waals surface area contributed by atoms with Crippen molar-refractivity contribution >= 4 is 34.3 Å². The fourth-order valence-electron chi connectivity index (χ4n) is 6.83. The second kappa shape index (κ2) is 7.40. The standard InChI is InChI=1S/C24H26N4O3S/c29-20-11-25-23(31)28(20)12-17-3-1-2-4-18(17)21(30)27-22-26-19(13-32-22)24-8-14-5-15(9-24)7-16(6-14)10-24/h1-4,13-16H,5-12H2,(H,25,31)(H,26,27,30). The van der Waals surface area contributed by atoms with E-state index >= 15 is 0 Å². The van der Waals surface area contributed by atoms with Crippen LogP contribution in [0.3, 0.4) is 0 Å². The largest absolute Gasteiger partial charge is 0.329 e. The zero-order valence-electron chi connectivity index (χ0n) is 17.8. The van der Waals surface area contributed by atoms with Gasteiger partial charge in [0.2, 0.25) is 5.91 Å². The number of thiazole rings is 1. The van der Waals surface area contributed by atoms with E-state index in [1.165, 1.54) is 49.9 Å². The molecule has 1 aliphatic heterocycles. The van der Waals surface area contributed by atoms with Crippen molar-refractivity contribution in [2.75, 3.05) is 11.9 Å². The van der Waals surface area contributed by atoms with E-state index in [-0.39, 0.29) is 30.3 Å². The average Bonchev–Trinajstić information content (AvgIpc) is 3.36. The van der Waals surface area contributed by atoms with E-state index in [9.17, 15) is 14.4 Å². The summed E-state index contributed by atoms with van der Waals surface area (Å²) < 4.78 is 0. The van der Waals surface area contributed by atoms with Gasteiger partial charge in [-0.1, -0.05) is 18.2 Å². The summed E-state index contributed by atoms with van der Waals surface area (Å²) in [5.74, 6) is 1.99. The third-order valence-electron chi connectivity index (χ3n) is 7.83. The van der Waals surface area contributed by atoms with Gasteiger partial charge in [0.05, 0.1) is 18.8 Å². The first-order valence-electron chi connectivity index (χ1n) is 11.4. The number of hydrogen-bond donors (Lipinski definition) is 2. The Morgan fingerprint density at radius 1 is 1.12 bits per heavy atom.